The van der Waals surface area contributed by atoms with Crippen molar-refractivity contribution in [2.75, 3.05) is 7.11 Å². The number of halogens is 1. The van der Waals surface area contributed by atoms with E-state index < -0.39 is 0 Å². The van der Waals surface area contributed by atoms with Crippen LogP contribution in [0.4, 0.5) is 5.69 Å². The number of benzene rings is 2. The molecule has 1 aliphatic rings. The first-order valence-corrected chi connectivity index (χ1v) is 11.2. The lowest BCUT2D eigenvalue weighted by Crippen LogP contribution is -2.19. The third kappa shape index (κ3) is 4.60. The summed E-state index contributed by atoms with van der Waals surface area (Å²) in [5, 5.41) is 4.77. The molecule has 2 aromatic carbocycles. The molecule has 0 radical (unpaired) electrons. The molecule has 162 valence electrons. The van der Waals surface area contributed by atoms with Crippen LogP contribution in [0, 0.1) is 0 Å². The average Bonchev–Trinajstić information content (AvgIpc) is 3.18. The van der Waals surface area contributed by atoms with Gasteiger partial charge in [0.2, 0.25) is 5.88 Å². The minimum atomic E-state index is -0.202. The summed E-state index contributed by atoms with van der Waals surface area (Å²) in [5.74, 6) is 0.319. The van der Waals surface area contributed by atoms with Gasteiger partial charge in [-0.2, -0.15) is 0 Å². The second-order valence-electron chi connectivity index (χ2n) is 7.17. The van der Waals surface area contributed by atoms with Gasteiger partial charge in [-0.25, -0.2) is 9.98 Å². The Hall–Kier alpha value is -3.68. The van der Waals surface area contributed by atoms with Gasteiger partial charge in [0, 0.05) is 23.2 Å². The van der Waals surface area contributed by atoms with Crippen molar-refractivity contribution in [2.24, 2.45) is 4.99 Å². The largest absolute Gasteiger partial charge is 0.481 e. The number of amidine groups is 1. The zero-order valence-electron chi connectivity index (χ0n) is 17.4. The van der Waals surface area contributed by atoms with Gasteiger partial charge in [0.15, 0.2) is 5.17 Å². The molecule has 1 N–H and O–H groups in total. The van der Waals surface area contributed by atoms with Gasteiger partial charge in [-0.1, -0.05) is 35.9 Å². The van der Waals surface area contributed by atoms with E-state index in [4.69, 9.17) is 16.3 Å². The summed E-state index contributed by atoms with van der Waals surface area (Å²) in [6.45, 7) is 0. The average molecular weight is 473 g/mol. The summed E-state index contributed by atoms with van der Waals surface area (Å²) in [5.41, 5.74) is 3.94. The molecular formula is C25H17ClN4O2S. The molecule has 1 aliphatic heterocycles. The van der Waals surface area contributed by atoms with Crippen LogP contribution < -0.4 is 10.1 Å². The van der Waals surface area contributed by atoms with Crippen molar-refractivity contribution in [3.05, 3.63) is 88.4 Å². The number of fused-ring (bicyclic) bond motifs is 1. The van der Waals surface area contributed by atoms with E-state index >= 15 is 0 Å². The number of pyridine rings is 2. The first-order valence-electron chi connectivity index (χ1n) is 10.0. The van der Waals surface area contributed by atoms with Crippen molar-refractivity contribution >= 4 is 57.1 Å². The van der Waals surface area contributed by atoms with Crippen LogP contribution in [0.25, 0.3) is 28.2 Å². The van der Waals surface area contributed by atoms with Crippen molar-refractivity contribution in [3.8, 4) is 17.1 Å². The van der Waals surface area contributed by atoms with E-state index in [1.807, 2.05) is 60.7 Å². The van der Waals surface area contributed by atoms with Crippen molar-refractivity contribution in [3.63, 3.8) is 0 Å². The monoisotopic (exact) mass is 472 g/mol. The molecule has 1 amide bonds. The van der Waals surface area contributed by atoms with E-state index in [2.05, 4.69) is 20.3 Å². The van der Waals surface area contributed by atoms with Gasteiger partial charge >= 0.3 is 0 Å². The lowest BCUT2D eigenvalue weighted by Gasteiger charge is -2.06. The molecule has 4 aromatic rings. The quantitative estimate of drug-likeness (QED) is 0.377. The van der Waals surface area contributed by atoms with Gasteiger partial charge in [-0.05, 0) is 59.8 Å². The van der Waals surface area contributed by atoms with Crippen molar-refractivity contribution in [2.45, 2.75) is 0 Å². The molecular weight excluding hydrogens is 456 g/mol. The normalized spacial score (nSPS) is 15.9. The highest BCUT2D eigenvalue weighted by molar-refractivity contribution is 8.18. The molecule has 33 heavy (non-hydrogen) atoms. The van der Waals surface area contributed by atoms with E-state index in [0.29, 0.717) is 26.7 Å². The Balaban J connectivity index is 1.43. The van der Waals surface area contributed by atoms with E-state index in [-0.39, 0.29) is 5.91 Å². The Bertz CT molecular complexity index is 1450. The van der Waals surface area contributed by atoms with Crippen LogP contribution in [-0.2, 0) is 4.79 Å². The van der Waals surface area contributed by atoms with E-state index in [0.717, 1.165) is 27.7 Å². The summed E-state index contributed by atoms with van der Waals surface area (Å²) in [6.07, 6.45) is 3.60. The number of aliphatic imine (C=N–C) groups is 1. The summed E-state index contributed by atoms with van der Waals surface area (Å²) >= 11 is 7.65. The molecule has 1 saturated heterocycles. The highest BCUT2D eigenvalue weighted by Crippen LogP contribution is 2.34. The molecule has 0 bridgehead atoms. The molecule has 5 rings (SSSR count). The Kier molecular flexibility index (Phi) is 5.81. The second-order valence-corrected chi connectivity index (χ2v) is 8.61. The Morgan fingerprint density at radius 3 is 2.88 bits per heavy atom. The number of amides is 1. The van der Waals surface area contributed by atoms with E-state index in [9.17, 15) is 4.79 Å². The van der Waals surface area contributed by atoms with Gasteiger partial charge in [0.25, 0.3) is 5.91 Å². The third-order valence-electron chi connectivity index (χ3n) is 4.97. The standard InChI is InChI=1S/C25H17ClN4O2S/c1-32-23-6-2-5-20(28-23)17-8-9-18(26)21(14-17)29-25-30-24(31)22(33-25)13-15-7-10-19-16(12-15)4-3-11-27-19/h2-14H,1H3,(H,29,30,31)/b22-13+. The fourth-order valence-corrected chi connectivity index (χ4v) is 4.37. The van der Waals surface area contributed by atoms with Crippen LogP contribution in [0.2, 0.25) is 5.02 Å². The summed E-state index contributed by atoms with van der Waals surface area (Å²) in [7, 11) is 1.57. The van der Waals surface area contributed by atoms with Crippen LogP contribution in [0.3, 0.4) is 0 Å². The first kappa shape index (κ1) is 21.2. The van der Waals surface area contributed by atoms with Crippen molar-refractivity contribution in [1.29, 1.82) is 0 Å². The molecule has 8 heteroatoms. The number of ether oxygens (including phenoxy) is 1. The maximum absolute atomic E-state index is 12.5. The van der Waals surface area contributed by atoms with Crippen LogP contribution in [0.15, 0.2) is 82.8 Å². The molecule has 3 heterocycles. The third-order valence-corrected chi connectivity index (χ3v) is 6.20. The highest BCUT2D eigenvalue weighted by Gasteiger charge is 2.24. The Morgan fingerprint density at radius 1 is 1.09 bits per heavy atom. The van der Waals surface area contributed by atoms with Gasteiger partial charge in [-0.15, -0.1) is 0 Å². The van der Waals surface area contributed by atoms with Gasteiger partial charge in [-0.3, -0.25) is 9.78 Å². The molecule has 1 fully saturated rings. The van der Waals surface area contributed by atoms with Crippen LogP contribution in [0.5, 0.6) is 5.88 Å². The van der Waals surface area contributed by atoms with Gasteiger partial charge in [0.05, 0.1) is 33.9 Å². The topological polar surface area (TPSA) is 76.5 Å². The minimum Gasteiger partial charge on any atom is -0.481 e. The Morgan fingerprint density at radius 2 is 2.00 bits per heavy atom. The van der Waals surface area contributed by atoms with E-state index in [1.54, 1.807) is 25.4 Å². The maximum atomic E-state index is 12.5. The highest BCUT2D eigenvalue weighted by atomic mass is 35.5. The number of carbonyl (C=O) groups is 1. The zero-order valence-corrected chi connectivity index (χ0v) is 19.0. The van der Waals surface area contributed by atoms with Crippen LogP contribution in [-0.4, -0.2) is 28.2 Å². The number of rotatable bonds is 4. The molecule has 0 atom stereocenters. The van der Waals surface area contributed by atoms with Crippen LogP contribution >= 0.6 is 23.4 Å². The lowest BCUT2D eigenvalue weighted by atomic mass is 10.1. The first-order chi connectivity index (χ1) is 16.1. The summed E-state index contributed by atoms with van der Waals surface area (Å²) in [4.78, 5) is 26.5. The molecule has 6 nitrogen and oxygen atoms in total. The summed E-state index contributed by atoms with van der Waals surface area (Å²) in [6, 6.07) is 20.8. The maximum Gasteiger partial charge on any atom is 0.264 e. The summed E-state index contributed by atoms with van der Waals surface area (Å²) < 4.78 is 5.21. The molecule has 2 aromatic heterocycles. The fraction of sp³-hybridized carbons (Fsp3) is 0.0400. The number of hydrogen-bond acceptors (Lipinski definition) is 6. The number of carbonyl (C=O) groups excluding carboxylic acids is 1. The molecule has 0 spiro atoms. The van der Waals surface area contributed by atoms with Crippen LogP contribution in [0.1, 0.15) is 5.56 Å². The number of nitrogens with zero attached hydrogens (tertiary/aromatic N) is 3. The lowest BCUT2D eigenvalue weighted by molar-refractivity contribution is -0.115. The van der Waals surface area contributed by atoms with Crippen molar-refractivity contribution < 1.29 is 9.53 Å². The number of methoxy groups -OCH3 is 1. The SMILES string of the molecule is COc1cccc(-c2ccc(Cl)c(N=C3NC(=O)/C(=C\c4ccc5ncccc5c4)S3)c2)n1. The zero-order chi connectivity index (χ0) is 22.8. The predicted molar refractivity (Wildman–Crippen MR) is 134 cm³/mol. The number of aromatic nitrogens is 2. The molecule has 0 unspecified atom stereocenters. The minimum absolute atomic E-state index is 0.202. The second kappa shape index (κ2) is 9.05. The Labute approximate surface area is 199 Å². The van der Waals surface area contributed by atoms with Gasteiger partial charge in [0.1, 0.15) is 0 Å². The number of thioether (sulfide) groups is 1. The molecule has 0 aliphatic carbocycles. The van der Waals surface area contributed by atoms with E-state index in [1.165, 1.54) is 11.8 Å². The van der Waals surface area contributed by atoms with Crippen molar-refractivity contribution in [1.82, 2.24) is 15.3 Å². The fourth-order valence-electron chi connectivity index (χ4n) is 3.37. The predicted octanol–water partition coefficient (Wildman–Crippen LogP) is 5.85. The molecule has 0 saturated carbocycles. The number of hydrogen-bond donors (Lipinski definition) is 1. The number of nitrogens with one attached hydrogen (secondary N) is 1. The smallest absolute Gasteiger partial charge is 0.264 e. The van der Waals surface area contributed by atoms with Gasteiger partial charge < -0.3 is 10.1 Å².